The van der Waals surface area contributed by atoms with E-state index in [1.54, 1.807) is 18.2 Å². The molecule has 4 aliphatic rings. The number of nitriles is 1. The van der Waals surface area contributed by atoms with Gasteiger partial charge in [-0.15, -0.1) is 0 Å². The Hall–Kier alpha value is -3.56. The van der Waals surface area contributed by atoms with E-state index in [1.165, 1.54) is 37.3 Å². The number of fused-ring (bicyclic) bond motifs is 5. The minimum Gasteiger partial charge on any atom is -0.457 e. The highest BCUT2D eigenvalue weighted by atomic mass is 32.2. The molecule has 2 unspecified atom stereocenters. The fraction of sp³-hybridized carbons (Fsp3) is 0.500. The molecule has 4 N–H and O–H groups in total. The van der Waals surface area contributed by atoms with E-state index in [0.717, 1.165) is 41.6 Å². The molecule has 6 rings (SSSR count). The number of nitrogens with zero attached hydrogens (tertiary/aromatic N) is 1. The predicted molar refractivity (Wildman–Crippen MR) is 173 cm³/mol. The van der Waals surface area contributed by atoms with Gasteiger partial charge in [0, 0.05) is 42.0 Å². The number of allylic oxidation sites excluding steroid dienone is 3. The molecule has 4 aliphatic carbocycles. The number of ether oxygens (including phenoxy) is 2. The number of furan rings is 1. The maximum Gasteiger partial charge on any atom is 0.375 e. The van der Waals surface area contributed by atoms with Crippen LogP contribution in [0.2, 0.25) is 0 Å². The van der Waals surface area contributed by atoms with Gasteiger partial charge in [0.15, 0.2) is 5.60 Å². The summed E-state index contributed by atoms with van der Waals surface area (Å²) in [4.78, 5) is 27.2. The van der Waals surface area contributed by atoms with Gasteiger partial charge in [0.1, 0.15) is 17.2 Å². The standard InChI is InChI=1S/C36H40FN3O6S/c1-34-17-22(19-39)28(40-24-7-9-27(37)21(15-24)20-44-3)16-23(34)6-8-25-26-10-11-36(33(43)47-14-12-38,35(26,2)18-29(41)31(25)34)46-32(42)30-5-4-13-45-30/h4-5,7,9,13,15-16,19,25-26,29,31,39-41H,6,8,10-11,14,17-18,20H2,1-3H3/p+1/t25-,26?,29-,31?,34-,35-,36-/m0/s1. The summed E-state index contributed by atoms with van der Waals surface area (Å²) in [6.45, 7) is 4.31. The van der Waals surface area contributed by atoms with Gasteiger partial charge in [-0.25, -0.2) is 9.18 Å². The van der Waals surface area contributed by atoms with E-state index < -0.39 is 28.5 Å². The van der Waals surface area contributed by atoms with E-state index in [9.17, 15) is 24.3 Å². The van der Waals surface area contributed by atoms with Crippen LogP contribution < -0.4 is 5.32 Å². The zero-order chi connectivity index (χ0) is 33.6. The highest BCUT2D eigenvalue weighted by Gasteiger charge is 2.71. The van der Waals surface area contributed by atoms with Crippen molar-refractivity contribution in [2.24, 2.45) is 28.6 Å². The molecule has 0 amide bonds. The third-order valence-electron chi connectivity index (χ3n) is 11.5. The Morgan fingerprint density at radius 3 is 2.81 bits per heavy atom. The number of aliphatic hydroxyl groups excluding tert-OH is 1. The van der Waals surface area contributed by atoms with E-state index in [2.05, 4.69) is 13.0 Å². The zero-order valence-corrected chi connectivity index (χ0v) is 27.7. The summed E-state index contributed by atoms with van der Waals surface area (Å²) in [6, 6.07) is 10.0. The average molecular weight is 663 g/mol. The molecule has 0 radical (unpaired) electrons. The number of halogens is 1. The molecule has 9 nitrogen and oxygen atoms in total. The Morgan fingerprint density at radius 1 is 1.30 bits per heavy atom. The largest absolute Gasteiger partial charge is 0.457 e. The number of thioether (sulfide) groups is 1. The predicted octanol–water partition coefficient (Wildman–Crippen LogP) is 5.59. The molecule has 248 valence electrons. The van der Waals surface area contributed by atoms with Crippen LogP contribution in [0.3, 0.4) is 0 Å². The van der Waals surface area contributed by atoms with Gasteiger partial charge in [-0.2, -0.15) is 5.26 Å². The highest BCUT2D eigenvalue weighted by molar-refractivity contribution is 8.14. The second-order valence-corrected chi connectivity index (χ2v) is 14.8. The Labute approximate surface area is 278 Å². The molecule has 0 saturated heterocycles. The quantitative estimate of drug-likeness (QED) is 0.179. The molecule has 0 spiro atoms. The van der Waals surface area contributed by atoms with E-state index in [1.807, 2.05) is 18.3 Å². The van der Waals surface area contributed by atoms with Gasteiger partial charge in [0.25, 0.3) is 0 Å². The number of esters is 1. The third kappa shape index (κ3) is 5.49. The van der Waals surface area contributed by atoms with Crippen LogP contribution in [0.4, 0.5) is 10.1 Å². The van der Waals surface area contributed by atoms with Crippen molar-refractivity contribution < 1.29 is 38.3 Å². The molecule has 3 fully saturated rings. The van der Waals surface area contributed by atoms with Crippen LogP contribution in [0.1, 0.15) is 68.5 Å². The third-order valence-corrected chi connectivity index (χ3v) is 12.4. The summed E-state index contributed by atoms with van der Waals surface area (Å²) in [6.07, 6.45) is 7.46. The molecule has 0 aliphatic heterocycles. The Morgan fingerprint density at radius 2 is 2.11 bits per heavy atom. The summed E-state index contributed by atoms with van der Waals surface area (Å²) in [7, 11) is 1.53. The number of nitrogens with two attached hydrogens (primary N) is 1. The first-order valence-corrected chi connectivity index (χ1v) is 17.1. The van der Waals surface area contributed by atoms with Crippen molar-refractivity contribution in [3.8, 4) is 6.07 Å². The maximum atomic E-state index is 14.3. The van der Waals surface area contributed by atoms with Crippen molar-refractivity contribution in [2.75, 3.05) is 12.9 Å². The van der Waals surface area contributed by atoms with Crippen LogP contribution in [0, 0.1) is 51.1 Å². The van der Waals surface area contributed by atoms with Crippen LogP contribution in [0.15, 0.2) is 63.9 Å². The first-order valence-electron chi connectivity index (χ1n) is 16.1. The molecule has 1 heterocycles. The van der Waals surface area contributed by atoms with E-state index in [0.29, 0.717) is 24.8 Å². The van der Waals surface area contributed by atoms with Crippen molar-refractivity contribution >= 4 is 34.7 Å². The zero-order valence-electron chi connectivity index (χ0n) is 26.9. The number of carbonyl (C=O) groups is 2. The van der Waals surface area contributed by atoms with Crippen LogP contribution in [0.25, 0.3) is 0 Å². The van der Waals surface area contributed by atoms with Crippen molar-refractivity contribution in [3.63, 3.8) is 0 Å². The molecular weight excluding hydrogens is 621 g/mol. The topological polar surface area (TPSA) is 150 Å². The molecule has 47 heavy (non-hydrogen) atoms. The van der Waals surface area contributed by atoms with Crippen LogP contribution in [-0.2, 0) is 20.9 Å². The maximum absolute atomic E-state index is 14.3. The Bertz CT molecular complexity index is 1680. The molecule has 1 aromatic heterocycles. The molecular formula is C36H41FN3O6S+. The van der Waals surface area contributed by atoms with Crippen LogP contribution >= 0.6 is 11.8 Å². The minimum atomic E-state index is -1.52. The number of quaternary nitrogens is 1. The molecule has 3 saturated carbocycles. The molecule has 0 bridgehead atoms. The van der Waals surface area contributed by atoms with E-state index >= 15 is 0 Å². The van der Waals surface area contributed by atoms with Gasteiger partial charge in [-0.1, -0.05) is 31.2 Å². The fourth-order valence-electron chi connectivity index (χ4n) is 9.47. The number of carbonyl (C=O) groups excluding carboxylic acids is 2. The smallest absolute Gasteiger partial charge is 0.375 e. The number of benzene rings is 1. The van der Waals surface area contributed by atoms with Crippen molar-refractivity contribution in [3.05, 3.63) is 76.7 Å². The lowest BCUT2D eigenvalue weighted by atomic mass is 9.45. The average Bonchev–Trinajstić information content (AvgIpc) is 3.68. The normalized spacial score (nSPS) is 32.8. The lowest BCUT2D eigenvalue weighted by Crippen LogP contribution is -2.76. The van der Waals surface area contributed by atoms with Gasteiger partial charge in [-0.05, 0) is 86.0 Å². The number of nitrogens with one attached hydrogen (secondary N) is 1. The second kappa shape index (κ2) is 12.8. The first kappa shape index (κ1) is 33.3. The Balaban J connectivity index is 1.31. The summed E-state index contributed by atoms with van der Waals surface area (Å²) in [5, 5.41) is 31.3. The number of aliphatic hydroxyl groups is 1. The van der Waals surface area contributed by atoms with E-state index in [-0.39, 0.29) is 53.2 Å². The van der Waals surface area contributed by atoms with Crippen LogP contribution in [0.5, 0.6) is 0 Å². The fourth-order valence-corrected chi connectivity index (χ4v) is 10.3. The van der Waals surface area contributed by atoms with Gasteiger partial charge >= 0.3 is 5.97 Å². The Kier molecular flexibility index (Phi) is 9.09. The first-order chi connectivity index (χ1) is 22.5. The summed E-state index contributed by atoms with van der Waals surface area (Å²) in [5.74, 6) is -1.21. The number of rotatable bonds is 9. The van der Waals surface area contributed by atoms with Gasteiger partial charge < -0.3 is 24.4 Å². The number of hydrogen-bond donors (Lipinski definition) is 3. The SMILES string of the molecule is COCc1cc([NH2+]C2=C(C=N)C[C@@]3(C)C(=C2)CC[C@@H]2C3[C@@H](O)C[C@@]3(C)C2CC[C@]3(OC(=O)c2ccco2)C(=O)SCC#N)ccc1F. The molecule has 1 aromatic carbocycles. The van der Waals surface area contributed by atoms with Gasteiger partial charge in [0.2, 0.25) is 10.9 Å². The van der Waals surface area contributed by atoms with Gasteiger partial charge in [0.05, 0.1) is 30.8 Å². The lowest BCUT2D eigenvalue weighted by Gasteiger charge is -2.60. The van der Waals surface area contributed by atoms with Crippen LogP contribution in [-0.4, -0.2) is 47.0 Å². The molecule has 7 atom stereocenters. The van der Waals surface area contributed by atoms with Crippen molar-refractivity contribution in [1.82, 2.24) is 0 Å². The van der Waals surface area contributed by atoms with Crippen molar-refractivity contribution in [2.45, 2.75) is 70.7 Å². The summed E-state index contributed by atoms with van der Waals surface area (Å²) < 4.78 is 30.9. The molecule has 2 aromatic rings. The second-order valence-electron chi connectivity index (χ2n) is 13.8. The molecule has 11 heteroatoms. The van der Waals surface area contributed by atoms with Crippen molar-refractivity contribution in [1.29, 1.82) is 10.7 Å². The summed E-state index contributed by atoms with van der Waals surface area (Å²) >= 11 is 0.862. The summed E-state index contributed by atoms with van der Waals surface area (Å²) in [5.41, 5.74) is 1.45. The highest BCUT2D eigenvalue weighted by Crippen LogP contribution is 2.69. The monoisotopic (exact) mass is 662 g/mol. The number of methoxy groups -OCH3 is 1. The number of hydrogen-bond acceptors (Lipinski definition) is 9. The minimum absolute atomic E-state index is 0.0000299. The lowest BCUT2D eigenvalue weighted by molar-refractivity contribution is -0.513. The van der Waals surface area contributed by atoms with E-state index in [4.69, 9.17) is 19.3 Å². The van der Waals surface area contributed by atoms with Gasteiger partial charge in [-0.3, -0.25) is 10.1 Å².